The van der Waals surface area contributed by atoms with Gasteiger partial charge in [0, 0.05) is 6.54 Å². The number of alkyl halides is 1. The molecule has 17 heavy (non-hydrogen) atoms. The Balaban J connectivity index is 1.86. The van der Waals surface area contributed by atoms with Gasteiger partial charge in [-0.15, -0.1) is 0 Å². The van der Waals surface area contributed by atoms with E-state index >= 15 is 0 Å². The predicted molar refractivity (Wildman–Crippen MR) is 62.2 cm³/mol. The largest absolute Gasteiger partial charge is 0.445 e. The van der Waals surface area contributed by atoms with Crippen LogP contribution in [0.4, 0.5) is 9.18 Å². The molecule has 1 aromatic rings. The van der Waals surface area contributed by atoms with E-state index in [9.17, 15) is 9.18 Å². The highest BCUT2D eigenvalue weighted by atomic mass is 19.1. The fraction of sp³-hybridized carbons (Fsp3) is 0.308. The molecule has 0 bridgehead atoms. The quantitative estimate of drug-likeness (QED) is 0.753. The molecule has 2 rings (SSSR count). The smallest absolute Gasteiger partial charge is 0.410 e. The minimum atomic E-state index is -0.572. The van der Waals surface area contributed by atoms with Crippen LogP contribution in [-0.4, -0.2) is 30.3 Å². The molecule has 1 aliphatic heterocycles. The predicted octanol–water partition coefficient (Wildman–Crippen LogP) is 2.53. The lowest BCUT2D eigenvalue weighted by Gasteiger charge is -2.21. The number of rotatable bonds is 3. The van der Waals surface area contributed by atoms with Crippen LogP contribution in [0.25, 0.3) is 0 Å². The molecule has 0 radical (unpaired) electrons. The highest BCUT2D eigenvalue weighted by molar-refractivity contribution is 5.69. The number of carbonyl (C=O) groups is 1. The Bertz CT molecular complexity index is 405. The molecule has 0 aromatic heterocycles. The van der Waals surface area contributed by atoms with E-state index in [-0.39, 0.29) is 6.61 Å². The molecule has 1 atom stereocenters. The van der Waals surface area contributed by atoms with Gasteiger partial charge in [-0.3, -0.25) is 4.90 Å². The number of nitrogens with zero attached hydrogens (tertiary/aromatic N) is 1. The summed E-state index contributed by atoms with van der Waals surface area (Å²) in [5.41, 5.74) is 0.921. The molecule has 3 nitrogen and oxygen atoms in total. The SMILES string of the molecule is O=C(OCc1ccccc1)N1CC=CC1CF. The van der Waals surface area contributed by atoms with Crippen molar-refractivity contribution < 1.29 is 13.9 Å². The summed E-state index contributed by atoms with van der Waals surface area (Å²) in [6.07, 6.45) is 2.99. The normalized spacial score (nSPS) is 18.4. The van der Waals surface area contributed by atoms with Gasteiger partial charge in [-0.25, -0.2) is 9.18 Å². The van der Waals surface area contributed by atoms with Crippen molar-refractivity contribution in [1.82, 2.24) is 4.90 Å². The van der Waals surface area contributed by atoms with E-state index < -0.39 is 18.8 Å². The van der Waals surface area contributed by atoms with Crippen LogP contribution in [0, 0.1) is 0 Å². The van der Waals surface area contributed by atoms with E-state index in [4.69, 9.17) is 4.74 Å². The van der Waals surface area contributed by atoms with Crippen molar-refractivity contribution in [3.05, 3.63) is 48.0 Å². The second-order valence-electron chi connectivity index (χ2n) is 3.84. The van der Waals surface area contributed by atoms with E-state index in [0.29, 0.717) is 6.54 Å². The van der Waals surface area contributed by atoms with Gasteiger partial charge in [0.15, 0.2) is 0 Å². The lowest BCUT2D eigenvalue weighted by molar-refractivity contribution is 0.0912. The van der Waals surface area contributed by atoms with E-state index in [2.05, 4.69) is 0 Å². The van der Waals surface area contributed by atoms with E-state index in [1.165, 1.54) is 4.90 Å². The second kappa shape index (κ2) is 5.48. The number of hydrogen-bond acceptors (Lipinski definition) is 2. The van der Waals surface area contributed by atoms with Gasteiger partial charge >= 0.3 is 6.09 Å². The zero-order valence-electron chi connectivity index (χ0n) is 9.38. The van der Waals surface area contributed by atoms with Crippen molar-refractivity contribution in [2.75, 3.05) is 13.2 Å². The van der Waals surface area contributed by atoms with Gasteiger partial charge in [0.2, 0.25) is 0 Å². The number of amides is 1. The molecule has 0 spiro atoms. The average Bonchev–Trinajstić information content (AvgIpc) is 2.85. The lowest BCUT2D eigenvalue weighted by Crippen LogP contribution is -2.37. The first-order valence-electron chi connectivity index (χ1n) is 5.51. The van der Waals surface area contributed by atoms with Gasteiger partial charge < -0.3 is 4.74 Å². The maximum Gasteiger partial charge on any atom is 0.410 e. The van der Waals surface area contributed by atoms with Crippen molar-refractivity contribution in [3.63, 3.8) is 0 Å². The molecule has 1 heterocycles. The van der Waals surface area contributed by atoms with Gasteiger partial charge in [-0.1, -0.05) is 42.5 Å². The number of halogens is 1. The molecule has 0 fully saturated rings. The third-order valence-corrected chi connectivity index (χ3v) is 2.66. The summed E-state index contributed by atoms with van der Waals surface area (Å²) >= 11 is 0. The zero-order valence-corrected chi connectivity index (χ0v) is 9.38. The maximum atomic E-state index is 12.6. The number of hydrogen-bond donors (Lipinski definition) is 0. The van der Waals surface area contributed by atoms with Crippen molar-refractivity contribution in [2.24, 2.45) is 0 Å². The summed E-state index contributed by atoms with van der Waals surface area (Å²) in [6, 6.07) is 8.94. The first-order chi connectivity index (χ1) is 8.31. The van der Waals surface area contributed by atoms with Crippen LogP contribution < -0.4 is 0 Å². The monoisotopic (exact) mass is 235 g/mol. The molecule has 1 amide bonds. The van der Waals surface area contributed by atoms with Crippen LogP contribution in [0.1, 0.15) is 5.56 Å². The molecular weight excluding hydrogens is 221 g/mol. The molecule has 1 aliphatic rings. The van der Waals surface area contributed by atoms with Crippen LogP contribution in [-0.2, 0) is 11.3 Å². The van der Waals surface area contributed by atoms with Crippen molar-refractivity contribution in [2.45, 2.75) is 12.6 Å². The average molecular weight is 235 g/mol. The topological polar surface area (TPSA) is 29.5 Å². The molecule has 1 unspecified atom stereocenters. The Kier molecular flexibility index (Phi) is 3.75. The Morgan fingerprint density at radius 2 is 2.18 bits per heavy atom. The van der Waals surface area contributed by atoms with E-state index in [1.54, 1.807) is 12.2 Å². The van der Waals surface area contributed by atoms with Gasteiger partial charge in [0.1, 0.15) is 13.3 Å². The van der Waals surface area contributed by atoms with Crippen LogP contribution in [0.3, 0.4) is 0 Å². The zero-order chi connectivity index (χ0) is 12.1. The molecule has 90 valence electrons. The summed E-state index contributed by atoms with van der Waals surface area (Å²) in [5.74, 6) is 0. The Morgan fingerprint density at radius 3 is 2.88 bits per heavy atom. The van der Waals surface area contributed by atoms with Crippen LogP contribution in [0.5, 0.6) is 0 Å². The van der Waals surface area contributed by atoms with Crippen LogP contribution in [0.2, 0.25) is 0 Å². The summed E-state index contributed by atoms with van der Waals surface area (Å²) in [7, 11) is 0. The highest BCUT2D eigenvalue weighted by Gasteiger charge is 2.25. The number of ether oxygens (including phenoxy) is 1. The number of benzene rings is 1. The standard InChI is InChI=1S/C13H14FNO2/c14-9-12-7-4-8-15(12)13(16)17-10-11-5-2-1-3-6-11/h1-7,12H,8-10H2. The molecule has 0 saturated heterocycles. The second-order valence-corrected chi connectivity index (χ2v) is 3.84. The van der Waals surface area contributed by atoms with Crippen LogP contribution in [0.15, 0.2) is 42.5 Å². The fourth-order valence-corrected chi connectivity index (χ4v) is 1.72. The van der Waals surface area contributed by atoms with Crippen LogP contribution >= 0.6 is 0 Å². The van der Waals surface area contributed by atoms with Crippen molar-refractivity contribution in [1.29, 1.82) is 0 Å². The fourth-order valence-electron chi connectivity index (χ4n) is 1.72. The molecule has 0 N–H and O–H groups in total. The highest BCUT2D eigenvalue weighted by Crippen LogP contribution is 2.12. The van der Waals surface area contributed by atoms with Crippen molar-refractivity contribution in [3.8, 4) is 0 Å². The molecular formula is C13H14FNO2. The molecule has 0 aliphatic carbocycles. The van der Waals surface area contributed by atoms with Crippen molar-refractivity contribution >= 4 is 6.09 Å². The first kappa shape index (κ1) is 11.6. The minimum Gasteiger partial charge on any atom is -0.445 e. The lowest BCUT2D eigenvalue weighted by atomic mass is 10.2. The van der Waals surface area contributed by atoms with E-state index in [0.717, 1.165) is 5.56 Å². The van der Waals surface area contributed by atoms with Gasteiger partial charge in [-0.2, -0.15) is 0 Å². The third kappa shape index (κ3) is 2.84. The summed E-state index contributed by atoms with van der Waals surface area (Å²) in [4.78, 5) is 13.1. The first-order valence-corrected chi connectivity index (χ1v) is 5.51. The molecule has 0 saturated carbocycles. The van der Waals surface area contributed by atoms with Gasteiger partial charge in [-0.05, 0) is 5.56 Å². The number of carbonyl (C=O) groups excluding carboxylic acids is 1. The van der Waals surface area contributed by atoms with Gasteiger partial charge in [0.05, 0.1) is 6.04 Å². The van der Waals surface area contributed by atoms with E-state index in [1.807, 2.05) is 30.3 Å². The summed E-state index contributed by atoms with van der Waals surface area (Å²) in [5, 5.41) is 0. The third-order valence-electron chi connectivity index (χ3n) is 2.66. The van der Waals surface area contributed by atoms with Gasteiger partial charge in [0.25, 0.3) is 0 Å². The summed E-state index contributed by atoms with van der Waals surface area (Å²) in [6.45, 7) is 0.0638. The minimum absolute atomic E-state index is 0.217. The Labute approximate surface area is 99.5 Å². The maximum absolute atomic E-state index is 12.6. The Morgan fingerprint density at radius 1 is 1.41 bits per heavy atom. The summed E-state index contributed by atoms with van der Waals surface area (Å²) < 4.78 is 17.7. The molecule has 1 aromatic carbocycles. The molecule has 4 heteroatoms. The Hall–Kier alpha value is -1.84.